The van der Waals surface area contributed by atoms with Gasteiger partial charge in [-0.05, 0) is 56.6 Å². The Morgan fingerprint density at radius 3 is 2.29 bits per heavy atom. The zero-order chi connectivity index (χ0) is 24.6. The maximum atomic E-state index is 13.8. The highest BCUT2D eigenvalue weighted by Crippen LogP contribution is 2.66. The van der Waals surface area contributed by atoms with Crippen LogP contribution in [0.3, 0.4) is 0 Å². The van der Waals surface area contributed by atoms with E-state index < -0.39 is 26.5 Å². The predicted octanol–water partition coefficient (Wildman–Crippen LogP) is 2.82. The fraction of sp³-hybridized carbons (Fsp3) is 0.680. The van der Waals surface area contributed by atoms with Crippen molar-refractivity contribution in [2.45, 2.75) is 63.4 Å². The first kappa shape index (κ1) is 23.6. The standard InChI is InChI=1S/C25H34N2O6S/c1-22(2)23(3)8-9-25(22,33-21(23)29)20(28)26-13-10-24(17-26)11-14-27(15-12-24)34(30,31)19-7-5-6-18(16-19)32-4/h5-7,16H,8-15,17H2,1-4H3. The fourth-order valence-corrected chi connectivity index (χ4v) is 8.08. The average molecular weight is 491 g/mol. The van der Waals surface area contributed by atoms with Crippen molar-refractivity contribution < 1.29 is 27.5 Å². The van der Waals surface area contributed by atoms with Gasteiger partial charge >= 0.3 is 5.97 Å². The number of fused-ring (bicyclic) bond motifs is 2. The number of esters is 1. The van der Waals surface area contributed by atoms with Crippen molar-refractivity contribution in [1.82, 2.24) is 9.21 Å². The smallest absolute Gasteiger partial charge is 0.313 e. The van der Waals surface area contributed by atoms with Crippen molar-refractivity contribution in [2.75, 3.05) is 33.3 Å². The van der Waals surface area contributed by atoms with E-state index in [2.05, 4.69) is 0 Å². The molecule has 8 nitrogen and oxygen atoms in total. The first-order chi connectivity index (χ1) is 15.9. The monoisotopic (exact) mass is 490 g/mol. The van der Waals surface area contributed by atoms with Crippen LogP contribution in [0.5, 0.6) is 5.75 Å². The normalized spacial score (nSPS) is 32.2. The quantitative estimate of drug-likeness (QED) is 0.603. The largest absolute Gasteiger partial charge is 0.497 e. The Hall–Kier alpha value is -2.13. The number of benzene rings is 1. The molecule has 1 spiro atoms. The van der Waals surface area contributed by atoms with Gasteiger partial charge in [-0.1, -0.05) is 19.9 Å². The zero-order valence-corrected chi connectivity index (χ0v) is 21.2. The van der Waals surface area contributed by atoms with E-state index in [1.165, 1.54) is 7.11 Å². The van der Waals surface area contributed by atoms with Crippen LogP contribution in [0.1, 0.15) is 52.9 Å². The molecule has 1 aromatic carbocycles. The van der Waals surface area contributed by atoms with Crippen LogP contribution in [0.25, 0.3) is 0 Å². The number of carbonyl (C=O) groups is 2. The van der Waals surface area contributed by atoms with Crippen LogP contribution in [0.15, 0.2) is 29.2 Å². The Bertz CT molecular complexity index is 1140. The molecule has 0 aromatic heterocycles. The summed E-state index contributed by atoms with van der Waals surface area (Å²) in [5.74, 6) is 0.176. The van der Waals surface area contributed by atoms with Gasteiger partial charge in [0.2, 0.25) is 10.0 Å². The molecule has 1 amide bonds. The van der Waals surface area contributed by atoms with Gasteiger partial charge in [0.25, 0.3) is 5.91 Å². The van der Waals surface area contributed by atoms with Crippen LogP contribution in [0.4, 0.5) is 0 Å². The number of nitrogens with zero attached hydrogens (tertiary/aromatic N) is 2. The summed E-state index contributed by atoms with van der Waals surface area (Å²) in [4.78, 5) is 28.5. The van der Waals surface area contributed by atoms with Crippen molar-refractivity contribution in [3.63, 3.8) is 0 Å². The Balaban J connectivity index is 1.28. The topological polar surface area (TPSA) is 93.2 Å². The third kappa shape index (κ3) is 3.02. The molecule has 4 aliphatic rings. The minimum Gasteiger partial charge on any atom is -0.497 e. The van der Waals surface area contributed by atoms with Crippen molar-refractivity contribution >= 4 is 21.9 Å². The molecule has 2 atom stereocenters. The third-order valence-electron chi connectivity index (χ3n) is 9.62. The van der Waals surface area contributed by atoms with Crippen LogP contribution < -0.4 is 4.74 Å². The van der Waals surface area contributed by atoms with E-state index >= 15 is 0 Å². The highest BCUT2D eigenvalue weighted by atomic mass is 32.2. The molecule has 186 valence electrons. The van der Waals surface area contributed by atoms with Crippen LogP contribution in [-0.2, 0) is 24.3 Å². The molecule has 1 aromatic rings. The van der Waals surface area contributed by atoms with Crippen molar-refractivity contribution in [1.29, 1.82) is 0 Å². The van der Waals surface area contributed by atoms with Gasteiger partial charge in [-0.25, -0.2) is 8.42 Å². The maximum Gasteiger partial charge on any atom is 0.313 e. The highest BCUT2D eigenvalue weighted by Gasteiger charge is 2.76. The number of methoxy groups -OCH3 is 1. The molecule has 34 heavy (non-hydrogen) atoms. The van der Waals surface area contributed by atoms with E-state index in [-0.39, 0.29) is 22.2 Å². The Labute approximate surface area is 201 Å². The number of carbonyl (C=O) groups excluding carboxylic acids is 2. The van der Waals surface area contributed by atoms with Gasteiger partial charge in [0.1, 0.15) is 5.75 Å². The highest BCUT2D eigenvalue weighted by molar-refractivity contribution is 7.89. The summed E-state index contributed by atoms with van der Waals surface area (Å²) in [6.07, 6.45) is 3.48. The average Bonchev–Trinajstić information content (AvgIpc) is 3.36. The second kappa shape index (κ2) is 7.43. The molecular weight excluding hydrogens is 456 g/mol. The molecule has 3 aliphatic heterocycles. The lowest BCUT2D eigenvalue weighted by Gasteiger charge is -2.40. The Kier molecular flexibility index (Phi) is 5.16. The van der Waals surface area contributed by atoms with E-state index in [0.29, 0.717) is 57.6 Å². The lowest BCUT2D eigenvalue weighted by atomic mass is 9.66. The van der Waals surface area contributed by atoms with Crippen molar-refractivity contribution in [2.24, 2.45) is 16.2 Å². The minimum absolute atomic E-state index is 0.0737. The molecule has 2 unspecified atom stereocenters. The summed E-state index contributed by atoms with van der Waals surface area (Å²) in [7, 11) is -2.09. The van der Waals surface area contributed by atoms with E-state index in [4.69, 9.17) is 9.47 Å². The summed E-state index contributed by atoms with van der Waals surface area (Å²) in [6.45, 7) is 7.93. The number of rotatable bonds is 4. The van der Waals surface area contributed by atoms with Gasteiger partial charge in [-0.2, -0.15) is 4.31 Å². The van der Waals surface area contributed by atoms with Gasteiger partial charge in [-0.15, -0.1) is 0 Å². The van der Waals surface area contributed by atoms with Crippen LogP contribution in [0.2, 0.25) is 0 Å². The second-order valence-electron chi connectivity index (χ2n) is 11.2. The molecule has 2 bridgehead atoms. The van der Waals surface area contributed by atoms with Gasteiger partial charge in [0, 0.05) is 37.7 Å². The van der Waals surface area contributed by atoms with E-state index in [1.807, 2.05) is 25.7 Å². The van der Waals surface area contributed by atoms with E-state index in [0.717, 1.165) is 6.42 Å². The number of piperidine rings is 1. The first-order valence-corrected chi connectivity index (χ1v) is 13.5. The SMILES string of the molecule is COc1cccc(S(=O)(=O)N2CCC3(CCN(C(=O)C45CCC(C)(C(=O)O4)C5(C)C)C3)CC2)c1. The summed E-state index contributed by atoms with van der Waals surface area (Å²) >= 11 is 0. The van der Waals surface area contributed by atoms with Gasteiger partial charge in [0.05, 0.1) is 17.4 Å². The predicted molar refractivity (Wildman–Crippen MR) is 125 cm³/mol. The molecule has 0 N–H and O–H groups in total. The molecular formula is C25H34N2O6S. The number of amides is 1. The number of ether oxygens (including phenoxy) is 2. The number of hydrogen-bond acceptors (Lipinski definition) is 6. The second-order valence-corrected chi connectivity index (χ2v) is 13.2. The fourth-order valence-electron chi connectivity index (χ4n) is 6.60. The molecule has 5 rings (SSSR count). The molecule has 4 fully saturated rings. The lowest BCUT2D eigenvalue weighted by molar-refractivity contribution is -0.173. The number of hydrogen-bond donors (Lipinski definition) is 0. The summed E-state index contributed by atoms with van der Waals surface area (Å²) in [5.41, 5.74) is -2.36. The maximum absolute atomic E-state index is 13.8. The molecule has 1 aliphatic carbocycles. The lowest BCUT2D eigenvalue weighted by Crippen LogP contribution is -2.55. The molecule has 9 heteroatoms. The van der Waals surface area contributed by atoms with Gasteiger partial charge in [0.15, 0.2) is 5.60 Å². The summed E-state index contributed by atoms with van der Waals surface area (Å²) in [5, 5.41) is 0. The van der Waals surface area contributed by atoms with Crippen LogP contribution in [0, 0.1) is 16.2 Å². The van der Waals surface area contributed by atoms with E-state index in [1.54, 1.807) is 28.6 Å². The molecule has 3 heterocycles. The molecule has 1 saturated carbocycles. The number of likely N-dealkylation sites (tertiary alicyclic amines) is 1. The first-order valence-electron chi connectivity index (χ1n) is 12.1. The number of sulfonamides is 1. The molecule has 0 radical (unpaired) electrons. The van der Waals surface area contributed by atoms with Crippen molar-refractivity contribution in [3.05, 3.63) is 24.3 Å². The van der Waals surface area contributed by atoms with Gasteiger partial charge < -0.3 is 14.4 Å². The third-order valence-corrected chi connectivity index (χ3v) is 11.5. The Morgan fingerprint density at radius 2 is 1.71 bits per heavy atom. The van der Waals surface area contributed by atoms with Crippen LogP contribution in [-0.4, -0.2) is 68.4 Å². The van der Waals surface area contributed by atoms with Crippen molar-refractivity contribution in [3.8, 4) is 5.75 Å². The van der Waals surface area contributed by atoms with Gasteiger partial charge in [-0.3, -0.25) is 9.59 Å². The van der Waals surface area contributed by atoms with E-state index in [9.17, 15) is 18.0 Å². The minimum atomic E-state index is -3.61. The Morgan fingerprint density at radius 1 is 1.03 bits per heavy atom. The zero-order valence-electron chi connectivity index (χ0n) is 20.4. The molecule has 3 saturated heterocycles. The summed E-state index contributed by atoms with van der Waals surface area (Å²) in [6, 6.07) is 6.55. The summed E-state index contributed by atoms with van der Waals surface area (Å²) < 4.78 is 38.9. The van der Waals surface area contributed by atoms with Crippen LogP contribution >= 0.6 is 0 Å².